The van der Waals surface area contributed by atoms with Gasteiger partial charge in [0.25, 0.3) is 0 Å². The third kappa shape index (κ3) is 4.22. The van der Waals surface area contributed by atoms with Crippen LogP contribution in [-0.2, 0) is 5.41 Å². The van der Waals surface area contributed by atoms with Crippen molar-refractivity contribution in [2.45, 2.75) is 19.3 Å². The van der Waals surface area contributed by atoms with E-state index in [0.717, 1.165) is 50.3 Å². The van der Waals surface area contributed by atoms with Gasteiger partial charge in [0.05, 0.1) is 33.1 Å². The zero-order valence-electron chi connectivity index (χ0n) is 30.5. The topological polar surface area (TPSA) is 35.6 Å². The van der Waals surface area contributed by atoms with E-state index in [0.29, 0.717) is 0 Å². The number of para-hydroxylation sites is 4. The van der Waals surface area contributed by atoms with E-state index in [1.807, 2.05) is 12.1 Å². The second-order valence-corrected chi connectivity index (χ2v) is 15.4. The van der Waals surface area contributed by atoms with Crippen molar-refractivity contribution in [1.82, 2.24) is 19.1 Å². The highest BCUT2D eigenvalue weighted by atomic mass is 15.1. The van der Waals surface area contributed by atoms with Gasteiger partial charge in [0, 0.05) is 38.2 Å². The molecule has 3 aromatic heterocycles. The van der Waals surface area contributed by atoms with Crippen LogP contribution in [0.5, 0.6) is 0 Å². The van der Waals surface area contributed by atoms with E-state index in [1.54, 1.807) is 0 Å². The number of hydrogen-bond donors (Lipinski definition) is 0. The Balaban J connectivity index is 1.20. The molecule has 0 amide bonds. The molecule has 0 aliphatic heterocycles. The summed E-state index contributed by atoms with van der Waals surface area (Å²) >= 11 is 0. The highest BCUT2D eigenvalue weighted by Crippen LogP contribution is 2.50. The Bertz CT molecular complexity index is 3400. The molecular formula is C51H34N4. The van der Waals surface area contributed by atoms with E-state index in [9.17, 15) is 0 Å². The first-order valence-electron chi connectivity index (χ1n) is 19.0. The zero-order valence-corrected chi connectivity index (χ0v) is 30.5. The smallest absolute Gasteiger partial charge is 0.165 e. The number of fused-ring (bicyclic) bond motifs is 11. The third-order valence-electron chi connectivity index (χ3n) is 12.1. The lowest BCUT2D eigenvalue weighted by Gasteiger charge is -2.22. The molecule has 4 heteroatoms. The SMILES string of the molecule is CC1(C)c2ccccc2-c2ccc(-c3nc4ccccc4nc3-n3c4ccccc4c4cc5c6cc7ccccc7cc6n(-c6ccccc6)c5cc43)cc21. The van der Waals surface area contributed by atoms with Gasteiger partial charge in [-0.2, -0.15) is 0 Å². The molecule has 0 unspecified atom stereocenters. The maximum atomic E-state index is 5.50. The molecule has 0 fully saturated rings. The summed E-state index contributed by atoms with van der Waals surface area (Å²) in [5, 5.41) is 7.31. The minimum absolute atomic E-state index is 0.138. The van der Waals surface area contributed by atoms with Gasteiger partial charge in [-0.25, -0.2) is 9.97 Å². The van der Waals surface area contributed by atoms with Gasteiger partial charge in [0.15, 0.2) is 5.82 Å². The summed E-state index contributed by atoms with van der Waals surface area (Å²) in [4.78, 5) is 10.9. The van der Waals surface area contributed by atoms with Crippen LogP contribution in [0.4, 0.5) is 0 Å². The highest BCUT2D eigenvalue weighted by Gasteiger charge is 2.35. The molecule has 4 nitrogen and oxygen atoms in total. The summed E-state index contributed by atoms with van der Waals surface area (Å²) in [5.74, 6) is 0.825. The minimum atomic E-state index is -0.138. The summed E-state index contributed by atoms with van der Waals surface area (Å²) in [6.45, 7) is 4.67. The molecule has 0 bridgehead atoms. The molecule has 0 radical (unpaired) electrons. The van der Waals surface area contributed by atoms with Crippen LogP contribution in [-0.4, -0.2) is 19.1 Å². The van der Waals surface area contributed by atoms with E-state index in [1.165, 1.54) is 60.1 Å². The van der Waals surface area contributed by atoms with E-state index >= 15 is 0 Å². The standard InChI is InChI=1S/C51H34N4/c1-51(2)41-20-10-8-18-35(41)36-25-24-33(27-42(36)51)49-50(53-44-22-12-11-21-43(44)52-49)55-45-23-13-9-19-37(45)39-29-40-38-26-31-14-6-7-15-32(31)28-46(38)54(47(40)30-48(39)55)34-16-4-3-5-17-34/h3-30H,1-2H3. The van der Waals surface area contributed by atoms with Crippen LogP contribution >= 0.6 is 0 Å². The number of hydrogen-bond acceptors (Lipinski definition) is 2. The van der Waals surface area contributed by atoms with Gasteiger partial charge in [-0.05, 0) is 93.7 Å². The second-order valence-electron chi connectivity index (χ2n) is 15.4. The first-order chi connectivity index (χ1) is 27.0. The van der Waals surface area contributed by atoms with Gasteiger partial charge in [-0.3, -0.25) is 4.57 Å². The van der Waals surface area contributed by atoms with Crippen LogP contribution in [0, 0.1) is 0 Å². The first kappa shape index (κ1) is 30.4. The van der Waals surface area contributed by atoms with E-state index in [2.05, 4.69) is 181 Å². The Morgan fingerprint density at radius 2 is 1.04 bits per heavy atom. The molecule has 0 spiro atoms. The molecule has 258 valence electrons. The van der Waals surface area contributed by atoms with Gasteiger partial charge in [0.1, 0.15) is 5.69 Å². The van der Waals surface area contributed by atoms with E-state index in [-0.39, 0.29) is 5.41 Å². The van der Waals surface area contributed by atoms with Crippen molar-refractivity contribution in [2.75, 3.05) is 0 Å². The second kappa shape index (κ2) is 11.0. The Kier molecular flexibility index (Phi) is 6.09. The summed E-state index contributed by atoms with van der Waals surface area (Å²) in [6, 6.07) is 61.6. The predicted octanol–water partition coefficient (Wildman–Crippen LogP) is 13.0. The Morgan fingerprint density at radius 1 is 0.418 bits per heavy atom. The van der Waals surface area contributed by atoms with Crippen molar-refractivity contribution in [3.05, 3.63) is 181 Å². The summed E-state index contributed by atoms with van der Waals surface area (Å²) < 4.78 is 4.78. The quantitative estimate of drug-likeness (QED) is 0.184. The number of benzene rings is 8. The molecule has 0 saturated heterocycles. The van der Waals surface area contributed by atoms with Crippen LogP contribution in [0.25, 0.3) is 99.3 Å². The monoisotopic (exact) mass is 702 g/mol. The highest BCUT2D eigenvalue weighted by molar-refractivity contribution is 6.21. The molecule has 0 N–H and O–H groups in total. The van der Waals surface area contributed by atoms with E-state index in [4.69, 9.17) is 9.97 Å². The maximum absolute atomic E-state index is 5.50. The largest absolute Gasteiger partial charge is 0.309 e. The molecule has 1 aliphatic carbocycles. The minimum Gasteiger partial charge on any atom is -0.309 e. The van der Waals surface area contributed by atoms with Gasteiger partial charge in [-0.15, -0.1) is 0 Å². The summed E-state index contributed by atoms with van der Waals surface area (Å²) in [6.07, 6.45) is 0. The normalized spacial score (nSPS) is 13.4. The molecule has 8 aromatic carbocycles. The lowest BCUT2D eigenvalue weighted by Crippen LogP contribution is -2.15. The van der Waals surface area contributed by atoms with Crippen LogP contribution in [0.2, 0.25) is 0 Å². The summed E-state index contributed by atoms with van der Waals surface area (Å²) in [5.41, 5.74) is 14.5. The lowest BCUT2D eigenvalue weighted by molar-refractivity contribution is 0.660. The van der Waals surface area contributed by atoms with Crippen LogP contribution in [0.1, 0.15) is 25.0 Å². The fourth-order valence-corrected chi connectivity index (χ4v) is 9.44. The summed E-state index contributed by atoms with van der Waals surface area (Å²) in [7, 11) is 0. The Morgan fingerprint density at radius 3 is 1.89 bits per heavy atom. The fraction of sp³-hybridized carbons (Fsp3) is 0.0588. The Labute approximate surface area is 317 Å². The number of nitrogens with zero attached hydrogens (tertiary/aromatic N) is 4. The predicted molar refractivity (Wildman–Crippen MR) is 229 cm³/mol. The first-order valence-corrected chi connectivity index (χ1v) is 19.0. The Hall–Kier alpha value is -7.04. The van der Waals surface area contributed by atoms with Crippen molar-refractivity contribution in [3.8, 4) is 33.9 Å². The van der Waals surface area contributed by atoms with Crippen LogP contribution in [0.15, 0.2) is 170 Å². The average molecular weight is 703 g/mol. The van der Waals surface area contributed by atoms with Gasteiger partial charge < -0.3 is 4.57 Å². The van der Waals surface area contributed by atoms with Gasteiger partial charge in [-0.1, -0.05) is 123 Å². The van der Waals surface area contributed by atoms with Crippen molar-refractivity contribution in [2.24, 2.45) is 0 Å². The lowest BCUT2D eigenvalue weighted by atomic mass is 9.82. The molecule has 3 heterocycles. The molecule has 55 heavy (non-hydrogen) atoms. The van der Waals surface area contributed by atoms with Crippen LogP contribution < -0.4 is 0 Å². The van der Waals surface area contributed by atoms with E-state index < -0.39 is 0 Å². The van der Waals surface area contributed by atoms with Gasteiger partial charge in [0.2, 0.25) is 0 Å². The van der Waals surface area contributed by atoms with Crippen molar-refractivity contribution in [3.63, 3.8) is 0 Å². The average Bonchev–Trinajstić information content (AvgIpc) is 3.80. The van der Waals surface area contributed by atoms with Crippen molar-refractivity contribution < 1.29 is 0 Å². The maximum Gasteiger partial charge on any atom is 0.165 e. The zero-order chi connectivity index (χ0) is 36.4. The molecule has 12 rings (SSSR count). The van der Waals surface area contributed by atoms with Gasteiger partial charge >= 0.3 is 0 Å². The molecular weight excluding hydrogens is 669 g/mol. The third-order valence-corrected chi connectivity index (χ3v) is 12.1. The number of rotatable bonds is 3. The van der Waals surface area contributed by atoms with Crippen LogP contribution in [0.3, 0.4) is 0 Å². The molecule has 1 aliphatic rings. The van der Waals surface area contributed by atoms with Crippen molar-refractivity contribution in [1.29, 1.82) is 0 Å². The van der Waals surface area contributed by atoms with Crippen molar-refractivity contribution >= 4 is 65.4 Å². The number of aromatic nitrogens is 4. The molecule has 0 saturated carbocycles. The fourth-order valence-electron chi connectivity index (χ4n) is 9.44. The molecule has 0 atom stereocenters. The molecule has 11 aromatic rings.